The molecule has 0 spiro atoms. The molecule has 4 unspecified atom stereocenters. The minimum Gasteiger partial charge on any atom is -0.481 e. The number of carbonyl (C=O) groups is 7. The van der Waals surface area contributed by atoms with Gasteiger partial charge in [0.2, 0.25) is 23.6 Å². The number of hydrogen-bond acceptors (Lipinski definition) is 8. The van der Waals surface area contributed by atoms with E-state index in [-0.39, 0.29) is 12.8 Å². The SMILES string of the molecule is CC(C)C(NC(=O)C(CCC(N)=O)NC(=O)C(N)CC(=O)O)C(=O)NC(CC(=O)O)C(=O)O. The second-order valence-corrected chi connectivity index (χ2v) is 7.50. The second kappa shape index (κ2) is 13.6. The Labute approximate surface area is 188 Å². The van der Waals surface area contributed by atoms with Crippen molar-refractivity contribution in [2.75, 3.05) is 0 Å². The van der Waals surface area contributed by atoms with Gasteiger partial charge < -0.3 is 42.7 Å². The van der Waals surface area contributed by atoms with Crippen molar-refractivity contribution in [2.45, 2.75) is 63.7 Å². The minimum atomic E-state index is -1.76. The highest BCUT2D eigenvalue weighted by atomic mass is 16.4. The Morgan fingerprint density at radius 1 is 0.758 bits per heavy atom. The molecule has 0 aromatic heterocycles. The second-order valence-electron chi connectivity index (χ2n) is 7.50. The highest BCUT2D eigenvalue weighted by Gasteiger charge is 2.32. The molecule has 0 aliphatic carbocycles. The first-order chi connectivity index (χ1) is 15.1. The van der Waals surface area contributed by atoms with E-state index in [1.807, 2.05) is 5.32 Å². The van der Waals surface area contributed by atoms with Gasteiger partial charge in [-0.25, -0.2) is 4.79 Å². The summed E-state index contributed by atoms with van der Waals surface area (Å²) in [7, 11) is 0. The van der Waals surface area contributed by atoms with Crippen molar-refractivity contribution in [2.24, 2.45) is 17.4 Å². The van der Waals surface area contributed by atoms with Crippen LogP contribution in [0.4, 0.5) is 0 Å². The van der Waals surface area contributed by atoms with Gasteiger partial charge in [-0.3, -0.25) is 28.8 Å². The molecule has 0 radical (unpaired) electrons. The van der Waals surface area contributed by atoms with Crippen molar-refractivity contribution in [3.63, 3.8) is 0 Å². The van der Waals surface area contributed by atoms with Crippen molar-refractivity contribution >= 4 is 41.5 Å². The van der Waals surface area contributed by atoms with Crippen molar-refractivity contribution in [1.82, 2.24) is 16.0 Å². The van der Waals surface area contributed by atoms with Crippen LogP contribution in [0.25, 0.3) is 0 Å². The van der Waals surface area contributed by atoms with Crippen LogP contribution >= 0.6 is 0 Å². The molecule has 0 rings (SSSR count). The molecular formula is C18H29N5O10. The third-order valence-corrected chi connectivity index (χ3v) is 4.28. The first-order valence-corrected chi connectivity index (χ1v) is 9.77. The van der Waals surface area contributed by atoms with E-state index < -0.39 is 84.5 Å². The maximum Gasteiger partial charge on any atom is 0.326 e. The molecule has 15 nitrogen and oxygen atoms in total. The molecule has 10 N–H and O–H groups in total. The van der Waals surface area contributed by atoms with Crippen molar-refractivity contribution < 1.29 is 48.9 Å². The number of primary amides is 1. The van der Waals surface area contributed by atoms with Crippen LogP contribution in [0.1, 0.15) is 39.5 Å². The lowest BCUT2D eigenvalue weighted by atomic mass is 10.0. The number of nitrogens with one attached hydrogen (secondary N) is 3. The Bertz CT molecular complexity index is 785. The molecule has 4 atom stereocenters. The van der Waals surface area contributed by atoms with Crippen molar-refractivity contribution in [1.29, 1.82) is 0 Å². The lowest BCUT2D eigenvalue weighted by molar-refractivity contribution is -0.147. The zero-order valence-electron chi connectivity index (χ0n) is 18.1. The molecule has 0 bridgehead atoms. The molecule has 0 saturated heterocycles. The summed E-state index contributed by atoms with van der Waals surface area (Å²) in [5, 5.41) is 33.1. The molecule has 186 valence electrons. The predicted molar refractivity (Wildman–Crippen MR) is 109 cm³/mol. The summed E-state index contributed by atoms with van der Waals surface area (Å²) in [6.45, 7) is 3.02. The maximum absolute atomic E-state index is 12.7. The molecule has 0 heterocycles. The van der Waals surface area contributed by atoms with Gasteiger partial charge in [-0.05, 0) is 12.3 Å². The Morgan fingerprint density at radius 3 is 1.70 bits per heavy atom. The van der Waals surface area contributed by atoms with Crippen LogP contribution in [0, 0.1) is 5.92 Å². The van der Waals surface area contributed by atoms with Gasteiger partial charge in [0.05, 0.1) is 18.9 Å². The highest BCUT2D eigenvalue weighted by molar-refractivity contribution is 5.95. The smallest absolute Gasteiger partial charge is 0.326 e. The van der Waals surface area contributed by atoms with E-state index >= 15 is 0 Å². The van der Waals surface area contributed by atoms with Gasteiger partial charge >= 0.3 is 17.9 Å². The van der Waals surface area contributed by atoms with Gasteiger partial charge in [-0.1, -0.05) is 13.8 Å². The molecule has 0 fully saturated rings. The van der Waals surface area contributed by atoms with Crippen LogP contribution in [0.5, 0.6) is 0 Å². The summed E-state index contributed by atoms with van der Waals surface area (Å²) < 4.78 is 0. The average molecular weight is 475 g/mol. The average Bonchev–Trinajstić information content (AvgIpc) is 2.66. The fourth-order valence-electron chi connectivity index (χ4n) is 2.54. The molecule has 4 amide bonds. The fourth-order valence-corrected chi connectivity index (χ4v) is 2.54. The molecule has 15 heteroatoms. The van der Waals surface area contributed by atoms with Crippen LogP contribution in [-0.4, -0.2) is 81.0 Å². The Kier molecular flexibility index (Phi) is 12.1. The summed E-state index contributed by atoms with van der Waals surface area (Å²) in [5.41, 5.74) is 10.5. The van der Waals surface area contributed by atoms with E-state index in [4.69, 9.17) is 26.8 Å². The van der Waals surface area contributed by atoms with Crippen LogP contribution in [-0.2, 0) is 33.6 Å². The molecule has 0 aliphatic heterocycles. The van der Waals surface area contributed by atoms with Gasteiger partial charge in [-0.2, -0.15) is 0 Å². The van der Waals surface area contributed by atoms with Crippen molar-refractivity contribution in [3.8, 4) is 0 Å². The van der Waals surface area contributed by atoms with E-state index in [1.54, 1.807) is 0 Å². The number of nitrogens with two attached hydrogens (primary N) is 2. The molecule has 33 heavy (non-hydrogen) atoms. The van der Waals surface area contributed by atoms with Crippen LogP contribution < -0.4 is 27.4 Å². The number of rotatable bonds is 15. The van der Waals surface area contributed by atoms with Gasteiger partial charge in [-0.15, -0.1) is 0 Å². The van der Waals surface area contributed by atoms with Gasteiger partial charge in [0.1, 0.15) is 18.1 Å². The molecule has 0 aliphatic rings. The summed E-state index contributed by atoms with van der Waals surface area (Å²) in [5.74, 6) is -8.77. The molecule has 0 aromatic carbocycles. The van der Waals surface area contributed by atoms with Gasteiger partial charge in [0.15, 0.2) is 0 Å². The van der Waals surface area contributed by atoms with E-state index in [0.29, 0.717) is 0 Å². The third-order valence-electron chi connectivity index (χ3n) is 4.28. The zero-order chi connectivity index (χ0) is 25.9. The van der Waals surface area contributed by atoms with E-state index in [0.717, 1.165) is 0 Å². The molecular weight excluding hydrogens is 446 g/mol. The highest BCUT2D eigenvalue weighted by Crippen LogP contribution is 2.07. The summed E-state index contributed by atoms with van der Waals surface area (Å²) >= 11 is 0. The minimum absolute atomic E-state index is 0.296. The van der Waals surface area contributed by atoms with Crippen molar-refractivity contribution in [3.05, 3.63) is 0 Å². The lowest BCUT2D eigenvalue weighted by Crippen LogP contribution is -2.58. The Morgan fingerprint density at radius 2 is 1.27 bits per heavy atom. The number of carboxylic acids is 3. The first kappa shape index (κ1) is 29.2. The third kappa shape index (κ3) is 11.4. The number of aliphatic carboxylic acids is 3. The van der Waals surface area contributed by atoms with Crippen LogP contribution in [0.3, 0.4) is 0 Å². The lowest BCUT2D eigenvalue weighted by Gasteiger charge is -2.26. The fraction of sp³-hybridized carbons (Fsp3) is 0.611. The number of amides is 4. The summed E-state index contributed by atoms with van der Waals surface area (Å²) in [4.78, 5) is 81.2. The Hall–Kier alpha value is -3.75. The predicted octanol–water partition coefficient (Wildman–Crippen LogP) is -3.28. The summed E-state index contributed by atoms with van der Waals surface area (Å²) in [6.07, 6.45) is -2.27. The van der Waals surface area contributed by atoms with E-state index in [1.165, 1.54) is 13.8 Å². The Balaban J connectivity index is 5.52. The summed E-state index contributed by atoms with van der Waals surface area (Å²) in [6, 6.07) is -6.02. The number of hydrogen-bond donors (Lipinski definition) is 8. The van der Waals surface area contributed by atoms with Crippen LogP contribution in [0.15, 0.2) is 0 Å². The number of carbonyl (C=O) groups excluding carboxylic acids is 4. The quantitative estimate of drug-likeness (QED) is 0.116. The molecule has 0 aromatic rings. The largest absolute Gasteiger partial charge is 0.481 e. The van der Waals surface area contributed by atoms with Gasteiger partial charge in [0.25, 0.3) is 0 Å². The maximum atomic E-state index is 12.7. The monoisotopic (exact) mass is 475 g/mol. The van der Waals surface area contributed by atoms with E-state index in [9.17, 15) is 33.6 Å². The zero-order valence-corrected chi connectivity index (χ0v) is 18.1. The number of carboxylic acid groups (broad SMARTS) is 3. The topological polar surface area (TPSA) is 268 Å². The molecule has 0 saturated carbocycles. The van der Waals surface area contributed by atoms with E-state index in [2.05, 4.69) is 10.6 Å². The standard InChI is InChI=1S/C18H29N5O10/c1-7(2)14(17(31)22-10(18(32)33)6-13(27)28)23-16(30)9(3-4-11(20)24)21-15(29)8(19)5-12(25)26/h7-10,14H,3-6,19H2,1-2H3,(H2,20,24)(H,21,29)(H,22,31)(H,23,30)(H,25,26)(H,27,28)(H,32,33). The van der Waals surface area contributed by atoms with Gasteiger partial charge in [0, 0.05) is 6.42 Å². The first-order valence-electron chi connectivity index (χ1n) is 9.77. The van der Waals surface area contributed by atoms with Crippen LogP contribution in [0.2, 0.25) is 0 Å². The normalized spacial score (nSPS) is 14.3.